The third-order valence-corrected chi connectivity index (χ3v) is 5.73. The van der Waals surface area contributed by atoms with E-state index >= 15 is 0 Å². The zero-order valence-corrected chi connectivity index (χ0v) is 20.6. The molecule has 6 nitrogen and oxygen atoms in total. The molecule has 3 aromatic carbocycles. The van der Waals surface area contributed by atoms with Crippen molar-refractivity contribution in [3.05, 3.63) is 97.0 Å². The van der Waals surface area contributed by atoms with Crippen LogP contribution in [0.2, 0.25) is 5.02 Å². The van der Waals surface area contributed by atoms with Crippen LogP contribution in [-0.4, -0.2) is 23.0 Å². The van der Waals surface area contributed by atoms with E-state index in [1.165, 1.54) is 10.9 Å². The molecule has 4 aromatic rings. The predicted molar refractivity (Wildman–Crippen MR) is 135 cm³/mol. The van der Waals surface area contributed by atoms with Gasteiger partial charge in [0, 0.05) is 21.1 Å². The van der Waals surface area contributed by atoms with Gasteiger partial charge in [-0.1, -0.05) is 57.4 Å². The zero-order chi connectivity index (χ0) is 23.5. The minimum Gasteiger partial charge on any atom is -0.493 e. The number of methoxy groups -OCH3 is 1. The van der Waals surface area contributed by atoms with Crippen LogP contribution in [0, 0.1) is 13.8 Å². The number of hydrogen-bond donors (Lipinski definition) is 0. The highest BCUT2D eigenvalue weighted by Crippen LogP contribution is 2.34. The summed E-state index contributed by atoms with van der Waals surface area (Å²) in [6.07, 6.45) is 1.53. The molecule has 168 valence electrons. The van der Waals surface area contributed by atoms with Gasteiger partial charge in [-0.25, -0.2) is 4.98 Å². The van der Waals surface area contributed by atoms with Crippen molar-refractivity contribution in [2.75, 3.05) is 7.11 Å². The van der Waals surface area contributed by atoms with Crippen molar-refractivity contribution >= 4 is 44.6 Å². The molecule has 0 unspecified atom stereocenters. The van der Waals surface area contributed by atoms with Gasteiger partial charge in [0.05, 0.1) is 24.2 Å². The Morgan fingerprint density at radius 3 is 2.73 bits per heavy atom. The third-order valence-electron chi connectivity index (χ3n) is 5.02. The summed E-state index contributed by atoms with van der Waals surface area (Å²) in [5.41, 5.74) is 3.08. The fourth-order valence-corrected chi connectivity index (χ4v) is 4.04. The molecule has 4 rings (SSSR count). The molecule has 1 heterocycles. The minimum absolute atomic E-state index is 0.272. The second kappa shape index (κ2) is 9.77. The molecule has 0 radical (unpaired) electrons. The number of hydrogen-bond acceptors (Lipinski definition) is 5. The Kier molecular flexibility index (Phi) is 6.81. The van der Waals surface area contributed by atoms with Crippen molar-refractivity contribution in [2.24, 2.45) is 5.10 Å². The van der Waals surface area contributed by atoms with Gasteiger partial charge in [-0.05, 0) is 43.7 Å². The number of nitrogens with zero attached hydrogens (tertiary/aromatic N) is 3. The van der Waals surface area contributed by atoms with E-state index in [-0.39, 0.29) is 5.56 Å². The monoisotopic (exact) mass is 525 g/mol. The maximum absolute atomic E-state index is 13.0. The fourth-order valence-electron chi connectivity index (χ4n) is 3.46. The van der Waals surface area contributed by atoms with Gasteiger partial charge < -0.3 is 9.47 Å². The predicted octanol–water partition coefficient (Wildman–Crippen LogP) is 5.90. The van der Waals surface area contributed by atoms with Crippen LogP contribution >= 0.6 is 27.5 Å². The standard InChI is InChI=1S/C25H21BrClN3O3/c1-15-5-4-6-17(9-15)14-33-24-18(10-20(27)12-23(24)32-3)13-28-30-16(2)29-22-8-7-19(26)11-21(22)25(30)31/h4-13H,14H2,1-3H3. The highest BCUT2D eigenvalue weighted by molar-refractivity contribution is 9.10. The molecule has 0 amide bonds. The summed E-state index contributed by atoms with van der Waals surface area (Å²) in [4.78, 5) is 17.5. The Morgan fingerprint density at radius 2 is 1.97 bits per heavy atom. The number of benzene rings is 3. The van der Waals surface area contributed by atoms with Crippen LogP contribution in [0.1, 0.15) is 22.5 Å². The van der Waals surface area contributed by atoms with E-state index in [1.807, 2.05) is 31.2 Å². The van der Waals surface area contributed by atoms with E-state index in [1.54, 1.807) is 38.3 Å². The van der Waals surface area contributed by atoms with E-state index < -0.39 is 0 Å². The Balaban J connectivity index is 1.74. The smallest absolute Gasteiger partial charge is 0.282 e. The largest absolute Gasteiger partial charge is 0.493 e. The lowest BCUT2D eigenvalue weighted by Crippen LogP contribution is -2.20. The molecule has 33 heavy (non-hydrogen) atoms. The SMILES string of the molecule is COc1cc(Cl)cc(C=Nn2c(C)nc3ccc(Br)cc3c2=O)c1OCc1cccc(C)c1. The molecule has 0 spiro atoms. The van der Waals surface area contributed by atoms with Crippen LogP contribution < -0.4 is 15.0 Å². The molecule has 8 heteroatoms. The van der Waals surface area contributed by atoms with Crippen LogP contribution in [-0.2, 0) is 6.61 Å². The zero-order valence-electron chi connectivity index (χ0n) is 18.3. The van der Waals surface area contributed by atoms with Gasteiger partial charge >= 0.3 is 0 Å². The summed E-state index contributed by atoms with van der Waals surface area (Å²) in [6.45, 7) is 4.10. The normalized spacial score (nSPS) is 11.3. The van der Waals surface area contributed by atoms with Crippen molar-refractivity contribution < 1.29 is 9.47 Å². The highest BCUT2D eigenvalue weighted by Gasteiger charge is 2.14. The van der Waals surface area contributed by atoms with Gasteiger partial charge in [-0.3, -0.25) is 4.79 Å². The maximum Gasteiger partial charge on any atom is 0.282 e. The molecule has 0 bridgehead atoms. The summed E-state index contributed by atoms with van der Waals surface area (Å²) >= 11 is 9.70. The lowest BCUT2D eigenvalue weighted by Gasteiger charge is -2.14. The Morgan fingerprint density at radius 1 is 1.15 bits per heavy atom. The number of fused-ring (bicyclic) bond motifs is 1. The second-order valence-corrected chi connectivity index (χ2v) is 8.84. The number of halogens is 2. The molecule has 0 saturated carbocycles. The number of ether oxygens (including phenoxy) is 2. The average Bonchev–Trinajstić information content (AvgIpc) is 2.78. The molecular weight excluding hydrogens is 506 g/mol. The summed E-state index contributed by atoms with van der Waals surface area (Å²) in [7, 11) is 1.55. The van der Waals surface area contributed by atoms with Crippen molar-refractivity contribution in [3.8, 4) is 11.5 Å². The Labute approximate surface area is 204 Å². The van der Waals surface area contributed by atoms with Crippen molar-refractivity contribution in [2.45, 2.75) is 20.5 Å². The van der Waals surface area contributed by atoms with Crippen LogP contribution in [0.5, 0.6) is 11.5 Å². The summed E-state index contributed by atoms with van der Waals surface area (Å²) in [6, 6.07) is 16.8. The number of aromatic nitrogens is 2. The molecule has 0 aliphatic rings. The van der Waals surface area contributed by atoms with Crippen LogP contribution in [0.3, 0.4) is 0 Å². The summed E-state index contributed by atoms with van der Waals surface area (Å²) < 4.78 is 13.6. The van der Waals surface area contributed by atoms with Crippen molar-refractivity contribution in [3.63, 3.8) is 0 Å². The second-order valence-electron chi connectivity index (χ2n) is 7.49. The van der Waals surface area contributed by atoms with Gasteiger partial charge in [0.1, 0.15) is 12.4 Å². The van der Waals surface area contributed by atoms with Crippen molar-refractivity contribution in [1.29, 1.82) is 0 Å². The number of aryl methyl sites for hydroxylation is 2. The van der Waals surface area contributed by atoms with Crippen LogP contribution in [0.4, 0.5) is 0 Å². The fraction of sp³-hybridized carbons (Fsp3) is 0.160. The first-order valence-electron chi connectivity index (χ1n) is 10.1. The molecule has 0 aliphatic carbocycles. The molecule has 0 atom stereocenters. The van der Waals surface area contributed by atoms with E-state index in [2.05, 4.69) is 32.1 Å². The maximum atomic E-state index is 13.0. The third kappa shape index (κ3) is 5.10. The van der Waals surface area contributed by atoms with E-state index in [4.69, 9.17) is 21.1 Å². The molecule has 1 aromatic heterocycles. The van der Waals surface area contributed by atoms with E-state index in [9.17, 15) is 4.79 Å². The van der Waals surface area contributed by atoms with Crippen molar-refractivity contribution in [1.82, 2.24) is 9.66 Å². The lowest BCUT2D eigenvalue weighted by molar-refractivity contribution is 0.284. The highest BCUT2D eigenvalue weighted by atomic mass is 79.9. The van der Waals surface area contributed by atoms with Crippen LogP contribution in [0.15, 0.2) is 69.0 Å². The molecule has 0 N–H and O–H groups in total. The average molecular weight is 527 g/mol. The molecular formula is C25H21BrClN3O3. The first-order chi connectivity index (χ1) is 15.9. The molecule has 0 fully saturated rings. The van der Waals surface area contributed by atoms with Gasteiger partial charge in [0.25, 0.3) is 5.56 Å². The number of rotatable bonds is 6. The lowest BCUT2D eigenvalue weighted by atomic mass is 10.1. The van der Waals surface area contributed by atoms with Gasteiger partial charge in [-0.15, -0.1) is 0 Å². The quantitative estimate of drug-likeness (QED) is 0.294. The summed E-state index contributed by atoms with van der Waals surface area (Å²) in [5.74, 6) is 1.41. The molecule has 0 saturated heterocycles. The van der Waals surface area contributed by atoms with Gasteiger partial charge in [0.2, 0.25) is 0 Å². The molecule has 0 aliphatic heterocycles. The van der Waals surface area contributed by atoms with E-state index in [0.29, 0.717) is 45.4 Å². The topological polar surface area (TPSA) is 65.7 Å². The Hall–Kier alpha value is -3.16. The first-order valence-corrected chi connectivity index (χ1v) is 11.3. The Bertz CT molecular complexity index is 1430. The van der Waals surface area contributed by atoms with Gasteiger partial charge in [0.15, 0.2) is 11.5 Å². The minimum atomic E-state index is -0.272. The first kappa shape index (κ1) is 23.0. The van der Waals surface area contributed by atoms with Gasteiger partial charge in [-0.2, -0.15) is 9.78 Å². The van der Waals surface area contributed by atoms with E-state index in [0.717, 1.165) is 15.6 Å². The van der Waals surface area contributed by atoms with Crippen LogP contribution in [0.25, 0.3) is 10.9 Å². The summed E-state index contributed by atoms with van der Waals surface area (Å²) in [5, 5.41) is 5.33.